The number of amides is 2. The van der Waals surface area contributed by atoms with Crippen molar-refractivity contribution in [3.8, 4) is 11.1 Å². The van der Waals surface area contributed by atoms with Gasteiger partial charge in [0, 0.05) is 18.9 Å². The fourth-order valence-corrected chi connectivity index (χ4v) is 4.30. The highest BCUT2D eigenvalue weighted by atomic mass is 16.5. The van der Waals surface area contributed by atoms with Crippen LogP contribution in [0.5, 0.6) is 0 Å². The second-order valence-corrected chi connectivity index (χ2v) is 8.59. The number of carboxylic acid groups (broad SMARTS) is 1. The molecule has 2 aromatic rings. The molecule has 0 fully saturated rings. The van der Waals surface area contributed by atoms with E-state index in [1.165, 1.54) is 0 Å². The van der Waals surface area contributed by atoms with Gasteiger partial charge in [-0.1, -0.05) is 68.8 Å². The van der Waals surface area contributed by atoms with Crippen LogP contribution in [0, 0.1) is 5.92 Å². The fourth-order valence-electron chi connectivity index (χ4n) is 4.30. The van der Waals surface area contributed by atoms with Gasteiger partial charge in [0.1, 0.15) is 12.6 Å². The number of fused-ring (bicyclic) bond motifs is 3. The summed E-state index contributed by atoms with van der Waals surface area (Å²) in [7, 11) is 0. The van der Waals surface area contributed by atoms with Crippen LogP contribution in [0.3, 0.4) is 0 Å². The number of nitrogens with one attached hydrogen (secondary N) is 2. The van der Waals surface area contributed by atoms with Gasteiger partial charge in [-0.2, -0.15) is 0 Å². The van der Waals surface area contributed by atoms with Gasteiger partial charge in [0.05, 0.1) is 0 Å². The van der Waals surface area contributed by atoms with E-state index in [1.807, 2.05) is 38.1 Å². The Balaban J connectivity index is 1.54. The van der Waals surface area contributed by atoms with Crippen molar-refractivity contribution in [1.29, 1.82) is 0 Å². The molecule has 0 radical (unpaired) electrons. The van der Waals surface area contributed by atoms with Crippen molar-refractivity contribution in [2.75, 3.05) is 13.2 Å². The lowest BCUT2D eigenvalue weighted by atomic mass is 9.98. The van der Waals surface area contributed by atoms with Gasteiger partial charge in [-0.15, -0.1) is 0 Å². The first-order chi connectivity index (χ1) is 15.9. The molecule has 7 heteroatoms. The third-order valence-electron chi connectivity index (χ3n) is 5.99. The summed E-state index contributed by atoms with van der Waals surface area (Å²) in [6.45, 7) is 4.32. The van der Waals surface area contributed by atoms with E-state index in [-0.39, 0.29) is 30.8 Å². The SMILES string of the molecule is CCC[C@H](NC(=O)OCC1c2ccccc2-c2ccccc21)C(=O)NCCC(C)CC(=O)O. The molecule has 0 spiro atoms. The highest BCUT2D eigenvalue weighted by Crippen LogP contribution is 2.44. The molecule has 0 bridgehead atoms. The predicted octanol–water partition coefficient (Wildman–Crippen LogP) is 4.31. The Labute approximate surface area is 194 Å². The Morgan fingerprint density at radius 3 is 2.18 bits per heavy atom. The van der Waals surface area contributed by atoms with Crippen molar-refractivity contribution in [2.45, 2.75) is 51.5 Å². The van der Waals surface area contributed by atoms with Crippen LogP contribution < -0.4 is 10.6 Å². The monoisotopic (exact) mass is 452 g/mol. The average Bonchev–Trinajstić information content (AvgIpc) is 3.10. The molecule has 1 aliphatic rings. The number of ether oxygens (including phenoxy) is 1. The van der Waals surface area contributed by atoms with Crippen LogP contribution >= 0.6 is 0 Å². The molecule has 3 rings (SSSR count). The number of rotatable bonds is 11. The number of hydrogen-bond acceptors (Lipinski definition) is 4. The van der Waals surface area contributed by atoms with Crippen molar-refractivity contribution < 1.29 is 24.2 Å². The van der Waals surface area contributed by atoms with Gasteiger partial charge in [-0.05, 0) is 41.0 Å². The van der Waals surface area contributed by atoms with Gasteiger partial charge in [0.25, 0.3) is 0 Å². The molecule has 176 valence electrons. The number of carboxylic acids is 1. The zero-order valence-electron chi connectivity index (χ0n) is 19.2. The first-order valence-corrected chi connectivity index (χ1v) is 11.5. The molecule has 0 heterocycles. The number of benzene rings is 2. The Hall–Kier alpha value is -3.35. The third-order valence-corrected chi connectivity index (χ3v) is 5.99. The maximum Gasteiger partial charge on any atom is 0.407 e. The average molecular weight is 453 g/mol. The number of alkyl carbamates (subject to hydrolysis) is 1. The maximum absolute atomic E-state index is 12.6. The van der Waals surface area contributed by atoms with Crippen LogP contribution in [0.2, 0.25) is 0 Å². The number of carbonyl (C=O) groups is 3. The summed E-state index contributed by atoms with van der Waals surface area (Å²) in [5, 5.41) is 14.3. The molecule has 3 N–H and O–H groups in total. The number of carbonyl (C=O) groups excluding carboxylic acids is 2. The van der Waals surface area contributed by atoms with E-state index in [0.29, 0.717) is 19.4 Å². The van der Waals surface area contributed by atoms with Gasteiger partial charge in [0.15, 0.2) is 0 Å². The van der Waals surface area contributed by atoms with Gasteiger partial charge in [-0.25, -0.2) is 4.79 Å². The highest BCUT2D eigenvalue weighted by molar-refractivity contribution is 5.85. The normalized spacial score (nSPS) is 14.0. The molecule has 0 aromatic heterocycles. The molecule has 7 nitrogen and oxygen atoms in total. The largest absolute Gasteiger partial charge is 0.481 e. The molecule has 1 unspecified atom stereocenters. The second-order valence-electron chi connectivity index (χ2n) is 8.59. The van der Waals surface area contributed by atoms with Gasteiger partial charge < -0.3 is 20.5 Å². The summed E-state index contributed by atoms with van der Waals surface area (Å²) in [5.74, 6) is -1.22. The minimum Gasteiger partial charge on any atom is -0.481 e. The fraction of sp³-hybridized carbons (Fsp3) is 0.423. The van der Waals surface area contributed by atoms with Crippen molar-refractivity contribution in [3.05, 3.63) is 59.7 Å². The van der Waals surface area contributed by atoms with Crippen LogP contribution in [-0.2, 0) is 14.3 Å². The number of aliphatic carboxylic acids is 1. The lowest BCUT2D eigenvalue weighted by Crippen LogP contribution is -2.47. The summed E-state index contributed by atoms with van der Waals surface area (Å²) < 4.78 is 5.56. The zero-order valence-corrected chi connectivity index (χ0v) is 19.2. The van der Waals surface area contributed by atoms with Crippen molar-refractivity contribution in [1.82, 2.24) is 10.6 Å². The minimum atomic E-state index is -0.852. The standard InChI is InChI=1S/C26H32N2O5/c1-3-8-23(25(31)27-14-13-17(2)15-24(29)30)28-26(32)33-16-22-20-11-6-4-9-18(20)19-10-5-7-12-21(19)22/h4-7,9-12,17,22-23H,3,8,13-16H2,1-2H3,(H,27,31)(H,28,32)(H,29,30)/t17?,23-/m0/s1. The Morgan fingerprint density at radius 1 is 1.00 bits per heavy atom. The van der Waals surface area contributed by atoms with Crippen LogP contribution in [0.1, 0.15) is 56.6 Å². The minimum absolute atomic E-state index is 0.0393. The molecule has 0 saturated carbocycles. The smallest absolute Gasteiger partial charge is 0.407 e. The van der Waals surface area contributed by atoms with Crippen LogP contribution in [0.15, 0.2) is 48.5 Å². The molecule has 33 heavy (non-hydrogen) atoms. The lowest BCUT2D eigenvalue weighted by Gasteiger charge is -2.20. The maximum atomic E-state index is 12.6. The Bertz CT molecular complexity index is 945. The first kappa shape index (κ1) is 24.3. The molecule has 2 aromatic carbocycles. The van der Waals surface area contributed by atoms with E-state index in [9.17, 15) is 14.4 Å². The van der Waals surface area contributed by atoms with Gasteiger partial charge in [-0.3, -0.25) is 9.59 Å². The van der Waals surface area contributed by atoms with Gasteiger partial charge in [0.2, 0.25) is 5.91 Å². The first-order valence-electron chi connectivity index (χ1n) is 11.5. The zero-order chi connectivity index (χ0) is 23.8. The molecular formula is C26H32N2O5. The van der Waals surface area contributed by atoms with Crippen LogP contribution in [0.4, 0.5) is 4.79 Å². The summed E-state index contributed by atoms with van der Waals surface area (Å²) in [6, 6.07) is 15.5. The van der Waals surface area contributed by atoms with E-state index in [4.69, 9.17) is 9.84 Å². The van der Waals surface area contributed by atoms with Crippen LogP contribution in [-0.4, -0.2) is 42.3 Å². The summed E-state index contributed by atoms with van der Waals surface area (Å²) in [6.07, 6.45) is 1.20. The quantitative estimate of drug-likeness (QED) is 0.471. The topological polar surface area (TPSA) is 105 Å². The Morgan fingerprint density at radius 2 is 1.61 bits per heavy atom. The molecular weight excluding hydrogens is 420 g/mol. The third kappa shape index (κ3) is 6.34. The van der Waals surface area contributed by atoms with Crippen LogP contribution in [0.25, 0.3) is 11.1 Å². The molecule has 2 amide bonds. The second kappa shape index (κ2) is 11.5. The van der Waals surface area contributed by atoms with E-state index in [1.54, 1.807) is 0 Å². The van der Waals surface area contributed by atoms with Crippen molar-refractivity contribution in [2.24, 2.45) is 5.92 Å². The molecule has 2 atom stereocenters. The number of hydrogen-bond donors (Lipinski definition) is 3. The molecule has 1 aliphatic carbocycles. The van der Waals surface area contributed by atoms with E-state index >= 15 is 0 Å². The van der Waals surface area contributed by atoms with E-state index < -0.39 is 18.1 Å². The summed E-state index contributed by atoms with van der Waals surface area (Å²) in [5.41, 5.74) is 4.57. The van der Waals surface area contributed by atoms with E-state index in [0.717, 1.165) is 28.7 Å². The molecule has 0 saturated heterocycles. The van der Waals surface area contributed by atoms with Crippen molar-refractivity contribution >= 4 is 18.0 Å². The highest BCUT2D eigenvalue weighted by Gasteiger charge is 2.29. The Kier molecular flexibility index (Phi) is 8.46. The van der Waals surface area contributed by atoms with Gasteiger partial charge >= 0.3 is 12.1 Å². The molecule has 0 aliphatic heterocycles. The van der Waals surface area contributed by atoms with E-state index in [2.05, 4.69) is 34.9 Å². The summed E-state index contributed by atoms with van der Waals surface area (Å²) in [4.78, 5) is 35.9. The van der Waals surface area contributed by atoms with Crippen molar-refractivity contribution in [3.63, 3.8) is 0 Å². The lowest BCUT2D eigenvalue weighted by molar-refractivity contribution is -0.138. The predicted molar refractivity (Wildman–Crippen MR) is 126 cm³/mol. The summed E-state index contributed by atoms with van der Waals surface area (Å²) >= 11 is 0.